The highest BCUT2D eigenvalue weighted by atomic mass is 16.6. The molecule has 0 saturated carbocycles. The predicted molar refractivity (Wildman–Crippen MR) is 62.6 cm³/mol. The van der Waals surface area contributed by atoms with E-state index in [1.54, 1.807) is 4.90 Å². The molecule has 0 aromatic heterocycles. The number of hydrogen-bond acceptors (Lipinski definition) is 2. The quantitative estimate of drug-likeness (QED) is 0.670. The number of nitrogens with zero attached hydrogens (tertiary/aromatic N) is 1. The van der Waals surface area contributed by atoms with Crippen molar-refractivity contribution < 1.29 is 9.53 Å². The lowest BCUT2D eigenvalue weighted by Gasteiger charge is -2.24. The van der Waals surface area contributed by atoms with Gasteiger partial charge < -0.3 is 4.74 Å². The third-order valence-corrected chi connectivity index (χ3v) is 2.43. The Hall–Kier alpha value is -1.51. The Bertz CT molecular complexity index is 407. The molecule has 0 saturated heterocycles. The second kappa shape index (κ2) is 3.81. The van der Waals surface area contributed by atoms with Crippen LogP contribution < -0.4 is 4.90 Å². The van der Waals surface area contributed by atoms with Gasteiger partial charge in [0.25, 0.3) is 0 Å². The number of rotatable bonds is 0. The summed E-state index contributed by atoms with van der Waals surface area (Å²) in [5.74, 6) is 0. The van der Waals surface area contributed by atoms with Gasteiger partial charge in [-0.15, -0.1) is 0 Å². The number of benzene rings is 1. The van der Waals surface area contributed by atoms with Crippen LogP contribution in [-0.2, 0) is 11.2 Å². The van der Waals surface area contributed by atoms with Gasteiger partial charge in [0.05, 0.1) is 5.69 Å². The second-order valence-corrected chi connectivity index (χ2v) is 4.94. The summed E-state index contributed by atoms with van der Waals surface area (Å²) in [4.78, 5) is 13.6. The van der Waals surface area contributed by atoms with Crippen LogP contribution in [-0.4, -0.2) is 18.2 Å². The maximum Gasteiger partial charge on any atom is 0.414 e. The standard InChI is InChI=1S/C13H16NO2/c1-13(2,3)16-12(15)14-9-8-10-6-4-5-7-11(10)14/h5-7H,8-9H2,1-3H3. The first kappa shape index (κ1) is 11.0. The van der Waals surface area contributed by atoms with Crippen molar-refractivity contribution in [3.8, 4) is 0 Å². The Labute approximate surface area is 96.0 Å². The molecule has 3 nitrogen and oxygen atoms in total. The fourth-order valence-corrected chi connectivity index (χ4v) is 1.78. The van der Waals surface area contributed by atoms with Gasteiger partial charge in [0.1, 0.15) is 5.60 Å². The first-order valence-corrected chi connectivity index (χ1v) is 5.47. The molecule has 16 heavy (non-hydrogen) atoms. The van der Waals surface area contributed by atoms with Crippen LogP contribution in [0.1, 0.15) is 26.3 Å². The molecule has 0 aliphatic carbocycles. The molecule has 0 unspecified atom stereocenters. The van der Waals surface area contributed by atoms with Crippen LogP contribution in [0.4, 0.5) is 10.5 Å². The van der Waals surface area contributed by atoms with E-state index in [4.69, 9.17) is 4.74 Å². The summed E-state index contributed by atoms with van der Waals surface area (Å²) in [5, 5.41) is 0. The minimum absolute atomic E-state index is 0.266. The van der Waals surface area contributed by atoms with E-state index in [0.29, 0.717) is 6.54 Å². The van der Waals surface area contributed by atoms with Gasteiger partial charge in [-0.1, -0.05) is 6.07 Å². The van der Waals surface area contributed by atoms with E-state index < -0.39 is 5.60 Å². The molecule has 0 spiro atoms. The zero-order valence-electron chi connectivity index (χ0n) is 9.91. The van der Waals surface area contributed by atoms with Crippen molar-refractivity contribution in [2.75, 3.05) is 11.4 Å². The highest BCUT2D eigenvalue weighted by Gasteiger charge is 2.28. The molecule has 3 heteroatoms. The summed E-state index contributed by atoms with van der Waals surface area (Å²) < 4.78 is 5.36. The van der Waals surface area contributed by atoms with Crippen molar-refractivity contribution in [1.82, 2.24) is 0 Å². The Morgan fingerprint density at radius 2 is 2.25 bits per heavy atom. The normalized spacial score (nSPS) is 14.8. The Kier molecular flexibility index (Phi) is 2.62. The topological polar surface area (TPSA) is 29.5 Å². The van der Waals surface area contributed by atoms with Crippen LogP contribution in [0.25, 0.3) is 0 Å². The molecule has 1 aromatic carbocycles. The lowest BCUT2D eigenvalue weighted by molar-refractivity contribution is 0.0584. The van der Waals surface area contributed by atoms with E-state index in [0.717, 1.165) is 17.7 Å². The van der Waals surface area contributed by atoms with Gasteiger partial charge in [0.15, 0.2) is 0 Å². The maximum atomic E-state index is 11.9. The third kappa shape index (κ3) is 2.18. The first-order valence-electron chi connectivity index (χ1n) is 5.47. The highest BCUT2D eigenvalue weighted by Crippen LogP contribution is 2.28. The molecule has 1 amide bonds. The van der Waals surface area contributed by atoms with E-state index in [1.165, 1.54) is 0 Å². The van der Waals surface area contributed by atoms with Crippen molar-refractivity contribution in [3.05, 3.63) is 29.8 Å². The predicted octanol–water partition coefficient (Wildman–Crippen LogP) is 2.78. The van der Waals surface area contributed by atoms with E-state index in [-0.39, 0.29) is 6.09 Å². The van der Waals surface area contributed by atoms with Gasteiger partial charge in [-0.25, -0.2) is 4.79 Å². The molecule has 0 atom stereocenters. The summed E-state index contributed by atoms with van der Waals surface area (Å²) in [6.45, 7) is 6.32. The van der Waals surface area contributed by atoms with Crippen molar-refractivity contribution in [1.29, 1.82) is 0 Å². The number of ether oxygens (including phenoxy) is 1. The summed E-state index contributed by atoms with van der Waals surface area (Å²) in [6, 6.07) is 8.68. The van der Waals surface area contributed by atoms with Gasteiger partial charge in [0, 0.05) is 6.54 Å². The van der Waals surface area contributed by atoms with Gasteiger partial charge in [-0.2, -0.15) is 0 Å². The van der Waals surface area contributed by atoms with E-state index in [2.05, 4.69) is 6.07 Å². The van der Waals surface area contributed by atoms with Crippen molar-refractivity contribution >= 4 is 11.8 Å². The summed E-state index contributed by atoms with van der Waals surface area (Å²) in [7, 11) is 0. The molecule has 1 aromatic rings. The summed E-state index contributed by atoms with van der Waals surface area (Å²) in [5.41, 5.74) is 1.67. The minimum atomic E-state index is -0.444. The number of carbonyl (C=O) groups excluding carboxylic acids is 1. The zero-order valence-corrected chi connectivity index (χ0v) is 9.91. The molecule has 1 radical (unpaired) electrons. The fraction of sp³-hybridized carbons (Fsp3) is 0.462. The third-order valence-electron chi connectivity index (χ3n) is 2.43. The largest absolute Gasteiger partial charge is 0.443 e. The lowest BCUT2D eigenvalue weighted by Crippen LogP contribution is -2.35. The average Bonchev–Trinajstić information content (AvgIpc) is 2.58. The number of carbonyl (C=O) groups is 1. The van der Waals surface area contributed by atoms with Gasteiger partial charge in [0.2, 0.25) is 0 Å². The lowest BCUT2D eigenvalue weighted by atomic mass is 10.2. The van der Waals surface area contributed by atoms with Crippen molar-refractivity contribution in [2.45, 2.75) is 32.8 Å². The number of amides is 1. The molecule has 0 N–H and O–H groups in total. The van der Waals surface area contributed by atoms with Crippen molar-refractivity contribution in [2.24, 2.45) is 0 Å². The molecular weight excluding hydrogens is 202 g/mol. The second-order valence-electron chi connectivity index (χ2n) is 4.94. The van der Waals surface area contributed by atoms with E-state index >= 15 is 0 Å². The molecule has 0 fully saturated rings. The molecule has 85 valence electrons. The molecule has 2 rings (SSSR count). The average molecular weight is 218 g/mol. The van der Waals surface area contributed by atoms with Crippen LogP contribution in [0.15, 0.2) is 18.2 Å². The maximum absolute atomic E-state index is 11.9. The Morgan fingerprint density at radius 3 is 2.94 bits per heavy atom. The van der Waals surface area contributed by atoms with Crippen LogP contribution in [0.2, 0.25) is 0 Å². The molecule has 1 heterocycles. The SMILES string of the molecule is CC(C)(C)OC(=O)N1CCc2c[c]ccc21. The van der Waals surface area contributed by atoms with Crippen LogP contribution >= 0.6 is 0 Å². The molecule has 0 bridgehead atoms. The highest BCUT2D eigenvalue weighted by molar-refractivity contribution is 5.90. The van der Waals surface area contributed by atoms with Gasteiger partial charge in [-0.3, -0.25) is 4.90 Å². The first-order chi connectivity index (χ1) is 7.47. The summed E-state index contributed by atoms with van der Waals surface area (Å²) >= 11 is 0. The number of fused-ring (bicyclic) bond motifs is 1. The molecular formula is C13H16NO2. The van der Waals surface area contributed by atoms with Crippen molar-refractivity contribution in [3.63, 3.8) is 0 Å². The fourth-order valence-electron chi connectivity index (χ4n) is 1.78. The summed E-state index contributed by atoms with van der Waals surface area (Å²) in [6.07, 6.45) is 0.615. The van der Waals surface area contributed by atoms with E-state index in [1.807, 2.05) is 39.0 Å². The van der Waals surface area contributed by atoms with Gasteiger partial charge >= 0.3 is 6.09 Å². The number of anilines is 1. The number of hydrogen-bond donors (Lipinski definition) is 0. The smallest absolute Gasteiger partial charge is 0.414 e. The minimum Gasteiger partial charge on any atom is -0.443 e. The monoisotopic (exact) mass is 218 g/mol. The molecule has 1 aliphatic heterocycles. The zero-order chi connectivity index (χ0) is 11.8. The Morgan fingerprint density at radius 1 is 1.50 bits per heavy atom. The van der Waals surface area contributed by atoms with Crippen LogP contribution in [0.5, 0.6) is 0 Å². The Balaban J connectivity index is 2.16. The van der Waals surface area contributed by atoms with E-state index in [9.17, 15) is 4.79 Å². The van der Waals surface area contributed by atoms with Crippen LogP contribution in [0, 0.1) is 6.07 Å². The van der Waals surface area contributed by atoms with Gasteiger partial charge in [-0.05, 0) is 51.0 Å². The molecule has 1 aliphatic rings. The van der Waals surface area contributed by atoms with Crippen LogP contribution in [0.3, 0.4) is 0 Å².